The number of pyridine rings is 1. The van der Waals surface area contributed by atoms with Crippen LogP contribution in [-0.2, 0) is 32.6 Å². The Labute approximate surface area is 217 Å². The van der Waals surface area contributed by atoms with Crippen molar-refractivity contribution in [1.82, 2.24) is 35.1 Å². The third-order valence-corrected chi connectivity index (χ3v) is 7.04. The Morgan fingerprint density at radius 3 is 2.49 bits per heavy atom. The molecule has 37 heavy (non-hydrogen) atoms. The molecule has 1 aliphatic carbocycles. The van der Waals surface area contributed by atoms with Gasteiger partial charge < -0.3 is 10.3 Å². The zero-order valence-corrected chi connectivity index (χ0v) is 20.8. The number of nitrogens with one attached hydrogen (secondary N) is 2. The highest BCUT2D eigenvalue weighted by atomic mass is 15.2. The summed E-state index contributed by atoms with van der Waals surface area (Å²) >= 11 is 0. The summed E-state index contributed by atoms with van der Waals surface area (Å²) < 4.78 is 0. The van der Waals surface area contributed by atoms with Gasteiger partial charge in [-0.2, -0.15) is 0 Å². The van der Waals surface area contributed by atoms with E-state index in [1.807, 2.05) is 24.4 Å². The highest BCUT2D eigenvalue weighted by Gasteiger charge is 2.28. The molecule has 7 heteroatoms. The summed E-state index contributed by atoms with van der Waals surface area (Å²) in [7, 11) is 0. The molecule has 5 aromatic rings. The predicted octanol–water partition coefficient (Wildman–Crippen LogP) is 5.12. The second-order valence-corrected chi connectivity index (χ2v) is 9.65. The minimum Gasteiger partial charge on any atom is -0.341 e. The van der Waals surface area contributed by atoms with Crippen LogP contribution >= 0.6 is 0 Å². The third kappa shape index (κ3) is 5.58. The van der Waals surface area contributed by atoms with E-state index in [-0.39, 0.29) is 6.04 Å². The lowest BCUT2D eigenvalue weighted by atomic mass is 9.90. The van der Waals surface area contributed by atoms with Crippen molar-refractivity contribution in [3.8, 4) is 0 Å². The van der Waals surface area contributed by atoms with E-state index in [1.54, 1.807) is 12.4 Å². The monoisotopic (exact) mass is 489 g/mol. The summed E-state index contributed by atoms with van der Waals surface area (Å²) in [6.45, 7) is 3.02. The minimum atomic E-state index is 0.269. The second-order valence-electron chi connectivity index (χ2n) is 9.65. The molecular formula is C30H31N7. The predicted molar refractivity (Wildman–Crippen MR) is 144 cm³/mol. The average Bonchev–Trinajstić information content (AvgIpc) is 3.36. The van der Waals surface area contributed by atoms with Crippen molar-refractivity contribution in [2.24, 2.45) is 0 Å². The largest absolute Gasteiger partial charge is 0.341 e. The van der Waals surface area contributed by atoms with Gasteiger partial charge in [0.1, 0.15) is 11.6 Å². The van der Waals surface area contributed by atoms with Crippen LogP contribution in [-0.4, -0.2) is 29.8 Å². The number of aromatic amines is 1. The van der Waals surface area contributed by atoms with Crippen LogP contribution in [0.4, 0.5) is 0 Å². The molecule has 1 aliphatic rings. The van der Waals surface area contributed by atoms with E-state index in [0.29, 0.717) is 6.54 Å². The van der Waals surface area contributed by atoms with Crippen LogP contribution < -0.4 is 5.32 Å². The standard InChI is InChI=1S/C30H31N7/c1-2-9-26-25(8-1)35-29(36-26)21-37(27-10-3-6-24-7-4-15-34-30(24)27)20-23-13-11-22(12-14-23)18-31-19-28-32-16-5-17-33-28/h1-2,4-5,7-9,11-17,27,31H,3,6,10,18-21H2,(H,35,36). The second kappa shape index (κ2) is 11.0. The summed E-state index contributed by atoms with van der Waals surface area (Å²) in [5.41, 5.74) is 7.21. The molecule has 6 rings (SSSR count). The van der Waals surface area contributed by atoms with Crippen LogP contribution in [0.5, 0.6) is 0 Å². The number of aromatic nitrogens is 5. The molecule has 0 spiro atoms. The third-order valence-electron chi connectivity index (χ3n) is 7.04. The fourth-order valence-electron chi connectivity index (χ4n) is 5.23. The number of hydrogen-bond acceptors (Lipinski definition) is 6. The molecule has 0 radical (unpaired) electrons. The van der Waals surface area contributed by atoms with Gasteiger partial charge in [-0.3, -0.25) is 9.88 Å². The van der Waals surface area contributed by atoms with E-state index >= 15 is 0 Å². The highest BCUT2D eigenvalue weighted by molar-refractivity contribution is 5.74. The number of para-hydroxylation sites is 2. The summed E-state index contributed by atoms with van der Waals surface area (Å²) in [6, 6.07) is 23.5. The van der Waals surface area contributed by atoms with Crippen LogP contribution in [0.25, 0.3) is 11.0 Å². The van der Waals surface area contributed by atoms with Crippen molar-refractivity contribution in [2.45, 2.75) is 51.5 Å². The van der Waals surface area contributed by atoms with E-state index in [1.165, 1.54) is 28.8 Å². The van der Waals surface area contributed by atoms with Crippen molar-refractivity contribution in [1.29, 1.82) is 0 Å². The Balaban J connectivity index is 1.19. The average molecular weight is 490 g/mol. The van der Waals surface area contributed by atoms with Crippen LogP contribution in [0, 0.1) is 0 Å². The number of aryl methyl sites for hydroxylation is 1. The number of H-pyrrole nitrogens is 1. The van der Waals surface area contributed by atoms with Crippen LogP contribution in [0.15, 0.2) is 85.3 Å². The van der Waals surface area contributed by atoms with Gasteiger partial charge >= 0.3 is 0 Å². The van der Waals surface area contributed by atoms with Crippen LogP contribution in [0.3, 0.4) is 0 Å². The normalized spacial score (nSPS) is 15.2. The first-order valence-corrected chi connectivity index (χ1v) is 13.0. The van der Waals surface area contributed by atoms with Crippen molar-refractivity contribution >= 4 is 11.0 Å². The Kier molecular flexibility index (Phi) is 6.97. The molecular weight excluding hydrogens is 458 g/mol. The molecule has 1 atom stereocenters. The molecule has 0 saturated heterocycles. The molecule has 0 fully saturated rings. The van der Waals surface area contributed by atoms with Gasteiger partial charge in [0.2, 0.25) is 0 Å². The number of imidazole rings is 1. The first-order chi connectivity index (χ1) is 18.3. The fraction of sp³-hybridized carbons (Fsp3) is 0.267. The lowest BCUT2D eigenvalue weighted by Gasteiger charge is -2.34. The lowest BCUT2D eigenvalue weighted by Crippen LogP contribution is -2.31. The maximum absolute atomic E-state index is 4.88. The summed E-state index contributed by atoms with van der Waals surface area (Å²) in [6.07, 6.45) is 8.86. The summed E-state index contributed by atoms with van der Waals surface area (Å²) in [5, 5.41) is 3.43. The van der Waals surface area contributed by atoms with Gasteiger partial charge in [0.15, 0.2) is 0 Å². The minimum absolute atomic E-state index is 0.269. The van der Waals surface area contributed by atoms with Crippen molar-refractivity contribution in [3.63, 3.8) is 0 Å². The SMILES string of the molecule is c1cnc(CNCc2ccc(CN(Cc3nc4ccccc4[nH]3)C3CCCc4cccnc43)cc2)nc1. The smallest absolute Gasteiger partial charge is 0.141 e. The molecule has 3 aromatic heterocycles. The quantitative estimate of drug-likeness (QED) is 0.299. The Hall–Kier alpha value is -3.94. The fourth-order valence-corrected chi connectivity index (χ4v) is 5.23. The van der Waals surface area contributed by atoms with Gasteiger partial charge in [-0.05, 0) is 60.2 Å². The molecule has 3 heterocycles. The first-order valence-electron chi connectivity index (χ1n) is 13.0. The van der Waals surface area contributed by atoms with Gasteiger partial charge in [-0.15, -0.1) is 0 Å². The molecule has 186 valence electrons. The zero-order valence-electron chi connectivity index (χ0n) is 20.8. The maximum atomic E-state index is 4.88. The maximum Gasteiger partial charge on any atom is 0.141 e. The van der Waals surface area contributed by atoms with Crippen molar-refractivity contribution in [3.05, 3.63) is 119 Å². The Morgan fingerprint density at radius 1 is 0.811 bits per heavy atom. The molecule has 0 bridgehead atoms. The zero-order chi connectivity index (χ0) is 24.9. The van der Waals surface area contributed by atoms with Gasteiger partial charge in [0, 0.05) is 31.7 Å². The number of nitrogens with zero attached hydrogens (tertiary/aromatic N) is 5. The van der Waals surface area contributed by atoms with Gasteiger partial charge in [-0.1, -0.05) is 42.5 Å². The van der Waals surface area contributed by atoms with E-state index < -0.39 is 0 Å². The van der Waals surface area contributed by atoms with E-state index in [4.69, 9.17) is 9.97 Å². The van der Waals surface area contributed by atoms with Crippen LogP contribution in [0.1, 0.15) is 52.9 Å². The molecule has 2 aromatic carbocycles. The van der Waals surface area contributed by atoms with Gasteiger partial charge in [0.05, 0.1) is 35.9 Å². The summed E-state index contributed by atoms with van der Waals surface area (Å²) in [4.78, 5) is 24.3. The van der Waals surface area contributed by atoms with E-state index in [0.717, 1.165) is 55.2 Å². The molecule has 0 aliphatic heterocycles. The van der Waals surface area contributed by atoms with Crippen molar-refractivity contribution in [2.75, 3.05) is 0 Å². The van der Waals surface area contributed by atoms with Gasteiger partial charge in [0.25, 0.3) is 0 Å². The number of hydrogen-bond donors (Lipinski definition) is 2. The van der Waals surface area contributed by atoms with Crippen LogP contribution in [0.2, 0.25) is 0 Å². The molecule has 7 nitrogen and oxygen atoms in total. The first kappa shape index (κ1) is 23.5. The Morgan fingerprint density at radius 2 is 1.62 bits per heavy atom. The molecule has 1 unspecified atom stereocenters. The number of fused-ring (bicyclic) bond motifs is 2. The Bertz CT molecular complexity index is 1410. The molecule has 2 N–H and O–H groups in total. The lowest BCUT2D eigenvalue weighted by molar-refractivity contribution is 0.153. The van der Waals surface area contributed by atoms with Gasteiger partial charge in [-0.25, -0.2) is 15.0 Å². The van der Waals surface area contributed by atoms with Crippen molar-refractivity contribution < 1.29 is 0 Å². The topological polar surface area (TPSA) is 82.6 Å². The highest BCUT2D eigenvalue weighted by Crippen LogP contribution is 2.34. The number of benzene rings is 2. The molecule has 0 amide bonds. The molecule has 0 saturated carbocycles. The summed E-state index contributed by atoms with van der Waals surface area (Å²) in [5.74, 6) is 1.80. The number of rotatable bonds is 9. The van der Waals surface area contributed by atoms with E-state index in [2.05, 4.69) is 73.7 Å². The van der Waals surface area contributed by atoms with E-state index in [9.17, 15) is 0 Å².